The van der Waals surface area contributed by atoms with Crippen molar-refractivity contribution in [2.45, 2.75) is 6.42 Å². The van der Waals surface area contributed by atoms with Gasteiger partial charge in [0.2, 0.25) is 0 Å². The highest BCUT2D eigenvalue weighted by Gasteiger charge is 2.03. The Labute approximate surface area is 101 Å². The maximum atomic E-state index is 10.7. The minimum Gasteiger partial charge on any atom is -0.478 e. The number of hydrogen-bond acceptors (Lipinski definition) is 3. The number of nitrogens with one attached hydrogen (secondary N) is 1. The molecule has 16 heavy (non-hydrogen) atoms. The van der Waals surface area contributed by atoms with Crippen LogP contribution in [0.4, 0.5) is 0 Å². The average Bonchev–Trinajstić information content (AvgIpc) is 2.65. The fraction of sp³-hybridized carbons (Fsp3) is 0.0909. The van der Waals surface area contributed by atoms with Crippen molar-refractivity contribution in [1.82, 2.24) is 4.98 Å². The van der Waals surface area contributed by atoms with E-state index >= 15 is 0 Å². The van der Waals surface area contributed by atoms with Crippen molar-refractivity contribution in [2.24, 2.45) is 0 Å². The standard InChI is InChI=1S/C11H9NO2S2/c13-10(14)8-3-1-7(2-4-8)5-9-6-12-11(15)16-9/h1-4,6H,5H2,(H,12,15)(H,13,14). The zero-order chi connectivity index (χ0) is 11.5. The molecule has 0 fully saturated rings. The van der Waals surface area contributed by atoms with E-state index in [-0.39, 0.29) is 0 Å². The highest BCUT2D eigenvalue weighted by molar-refractivity contribution is 7.73. The summed E-state index contributed by atoms with van der Waals surface area (Å²) < 4.78 is 0.761. The van der Waals surface area contributed by atoms with Gasteiger partial charge in [-0.15, -0.1) is 11.3 Å². The molecule has 0 spiro atoms. The molecule has 0 aliphatic heterocycles. The predicted octanol–water partition coefficient (Wildman–Crippen LogP) is 3.09. The quantitative estimate of drug-likeness (QED) is 0.824. The third kappa shape index (κ3) is 2.56. The number of aromatic amines is 1. The molecule has 1 heterocycles. The van der Waals surface area contributed by atoms with E-state index in [2.05, 4.69) is 4.98 Å². The van der Waals surface area contributed by atoms with Crippen LogP contribution >= 0.6 is 23.6 Å². The highest BCUT2D eigenvalue weighted by Crippen LogP contribution is 2.15. The Hall–Kier alpha value is -1.46. The fourth-order valence-electron chi connectivity index (χ4n) is 1.37. The molecule has 2 aromatic rings. The van der Waals surface area contributed by atoms with Crippen LogP contribution in [0, 0.1) is 3.95 Å². The number of hydrogen-bond donors (Lipinski definition) is 2. The number of carboxylic acids is 1. The third-order valence-electron chi connectivity index (χ3n) is 2.15. The molecule has 0 atom stereocenters. The Balaban J connectivity index is 2.17. The van der Waals surface area contributed by atoms with Crippen LogP contribution in [0.2, 0.25) is 0 Å². The summed E-state index contributed by atoms with van der Waals surface area (Å²) in [4.78, 5) is 14.8. The van der Waals surface area contributed by atoms with Gasteiger partial charge in [-0.2, -0.15) is 0 Å². The maximum Gasteiger partial charge on any atom is 0.335 e. The van der Waals surface area contributed by atoms with E-state index in [9.17, 15) is 4.79 Å². The number of aromatic nitrogens is 1. The number of H-pyrrole nitrogens is 1. The first-order valence-electron chi connectivity index (χ1n) is 4.65. The van der Waals surface area contributed by atoms with Gasteiger partial charge in [0.1, 0.15) is 0 Å². The van der Waals surface area contributed by atoms with Crippen LogP contribution in [0.3, 0.4) is 0 Å². The maximum absolute atomic E-state index is 10.7. The summed E-state index contributed by atoms with van der Waals surface area (Å²) in [6, 6.07) is 6.88. The summed E-state index contributed by atoms with van der Waals surface area (Å²) in [5.41, 5.74) is 1.39. The molecule has 1 aromatic heterocycles. The summed E-state index contributed by atoms with van der Waals surface area (Å²) in [5.74, 6) is -0.899. The molecule has 1 aromatic carbocycles. The van der Waals surface area contributed by atoms with Crippen LogP contribution in [0.25, 0.3) is 0 Å². The average molecular weight is 251 g/mol. The van der Waals surface area contributed by atoms with Gasteiger partial charge >= 0.3 is 5.97 Å². The summed E-state index contributed by atoms with van der Waals surface area (Å²) in [6.07, 6.45) is 2.66. The topological polar surface area (TPSA) is 53.1 Å². The fourth-order valence-corrected chi connectivity index (χ4v) is 2.46. The van der Waals surface area contributed by atoms with Crippen LogP contribution in [-0.4, -0.2) is 16.1 Å². The van der Waals surface area contributed by atoms with Gasteiger partial charge in [-0.3, -0.25) is 0 Å². The number of carboxylic acid groups (broad SMARTS) is 1. The SMILES string of the molecule is O=C(O)c1ccc(Cc2c[nH]c(=S)s2)cc1. The van der Waals surface area contributed by atoms with Gasteiger partial charge < -0.3 is 10.1 Å². The molecule has 0 unspecified atom stereocenters. The second kappa shape index (κ2) is 4.59. The minimum absolute atomic E-state index is 0.311. The molecule has 0 saturated carbocycles. The zero-order valence-corrected chi connectivity index (χ0v) is 9.90. The normalized spacial score (nSPS) is 10.2. The lowest BCUT2D eigenvalue weighted by molar-refractivity contribution is 0.0697. The lowest BCUT2D eigenvalue weighted by atomic mass is 10.1. The van der Waals surface area contributed by atoms with Crippen LogP contribution in [0.1, 0.15) is 20.8 Å². The van der Waals surface area contributed by atoms with E-state index in [1.54, 1.807) is 12.1 Å². The summed E-state index contributed by atoms with van der Waals surface area (Å²) in [7, 11) is 0. The third-order valence-corrected chi connectivity index (χ3v) is 3.35. The van der Waals surface area contributed by atoms with Gasteiger partial charge in [-0.25, -0.2) is 4.79 Å². The second-order valence-electron chi connectivity index (χ2n) is 3.32. The van der Waals surface area contributed by atoms with Crippen molar-refractivity contribution in [2.75, 3.05) is 0 Å². The van der Waals surface area contributed by atoms with Gasteiger partial charge in [0.15, 0.2) is 3.95 Å². The van der Waals surface area contributed by atoms with E-state index in [0.29, 0.717) is 5.56 Å². The predicted molar refractivity (Wildman–Crippen MR) is 65.7 cm³/mol. The van der Waals surface area contributed by atoms with E-state index in [1.165, 1.54) is 11.3 Å². The Morgan fingerprint density at radius 1 is 1.38 bits per heavy atom. The first-order chi connectivity index (χ1) is 7.65. The number of benzene rings is 1. The first-order valence-corrected chi connectivity index (χ1v) is 5.87. The van der Waals surface area contributed by atoms with Crippen LogP contribution < -0.4 is 0 Å². The smallest absolute Gasteiger partial charge is 0.335 e. The summed E-state index contributed by atoms with van der Waals surface area (Å²) in [5, 5.41) is 8.75. The van der Waals surface area contributed by atoms with E-state index in [0.717, 1.165) is 20.8 Å². The van der Waals surface area contributed by atoms with E-state index in [4.69, 9.17) is 17.3 Å². The molecule has 2 N–H and O–H groups in total. The van der Waals surface area contributed by atoms with Crippen molar-refractivity contribution in [1.29, 1.82) is 0 Å². The molecule has 0 amide bonds. The van der Waals surface area contributed by atoms with E-state index < -0.39 is 5.97 Å². The van der Waals surface area contributed by atoms with Crippen LogP contribution in [-0.2, 0) is 6.42 Å². The molecule has 0 bridgehead atoms. The Kier molecular flexibility index (Phi) is 3.17. The van der Waals surface area contributed by atoms with Gasteiger partial charge in [-0.05, 0) is 29.9 Å². The minimum atomic E-state index is -0.899. The molecular weight excluding hydrogens is 242 g/mol. The molecule has 0 aliphatic rings. The highest BCUT2D eigenvalue weighted by atomic mass is 32.1. The van der Waals surface area contributed by atoms with Gasteiger partial charge in [-0.1, -0.05) is 12.1 Å². The van der Waals surface area contributed by atoms with Crippen molar-refractivity contribution in [3.8, 4) is 0 Å². The van der Waals surface area contributed by atoms with Gasteiger partial charge in [0, 0.05) is 17.5 Å². The van der Waals surface area contributed by atoms with Crippen molar-refractivity contribution in [3.05, 3.63) is 50.4 Å². The van der Waals surface area contributed by atoms with Gasteiger partial charge in [0.05, 0.1) is 5.56 Å². The summed E-state index contributed by atoms with van der Waals surface area (Å²) in [6.45, 7) is 0. The lowest BCUT2D eigenvalue weighted by Crippen LogP contribution is -1.96. The largest absolute Gasteiger partial charge is 0.478 e. The van der Waals surface area contributed by atoms with Crippen LogP contribution in [0.5, 0.6) is 0 Å². The first kappa shape index (κ1) is 11.0. The number of aromatic carboxylic acids is 1. The van der Waals surface area contributed by atoms with Crippen molar-refractivity contribution < 1.29 is 9.90 Å². The molecule has 82 valence electrons. The van der Waals surface area contributed by atoms with Gasteiger partial charge in [0.25, 0.3) is 0 Å². The Morgan fingerprint density at radius 2 is 2.06 bits per heavy atom. The van der Waals surface area contributed by atoms with Crippen LogP contribution in [0.15, 0.2) is 30.5 Å². The number of carbonyl (C=O) groups is 1. The molecule has 2 rings (SSSR count). The molecule has 3 nitrogen and oxygen atoms in total. The molecular formula is C11H9NO2S2. The molecule has 0 radical (unpaired) electrons. The molecule has 5 heteroatoms. The monoisotopic (exact) mass is 251 g/mol. The molecule has 0 saturated heterocycles. The molecule has 0 aliphatic carbocycles. The van der Waals surface area contributed by atoms with E-state index in [1.807, 2.05) is 18.3 Å². The number of rotatable bonds is 3. The second-order valence-corrected chi connectivity index (χ2v) is 5.13. The van der Waals surface area contributed by atoms with Crippen molar-refractivity contribution in [3.63, 3.8) is 0 Å². The Bertz CT molecular complexity index is 554. The Morgan fingerprint density at radius 3 is 2.56 bits per heavy atom. The zero-order valence-electron chi connectivity index (χ0n) is 8.27. The summed E-state index contributed by atoms with van der Waals surface area (Å²) >= 11 is 6.53. The van der Waals surface area contributed by atoms with Crippen molar-refractivity contribution >= 4 is 29.5 Å². The lowest BCUT2D eigenvalue weighted by Gasteiger charge is -1.99. The number of thiazole rings is 1.